The van der Waals surface area contributed by atoms with E-state index in [1.54, 1.807) is 0 Å². The quantitative estimate of drug-likeness (QED) is 0.722. The van der Waals surface area contributed by atoms with Crippen molar-refractivity contribution in [1.82, 2.24) is 19.6 Å². The highest BCUT2D eigenvalue weighted by Crippen LogP contribution is 2.41. The van der Waals surface area contributed by atoms with Crippen molar-refractivity contribution in [2.75, 3.05) is 11.9 Å². The van der Waals surface area contributed by atoms with E-state index in [1.807, 2.05) is 35.1 Å². The molecule has 0 saturated heterocycles. The molecule has 0 spiro atoms. The predicted octanol–water partition coefficient (Wildman–Crippen LogP) is 4.40. The number of hydrogen-bond donors (Lipinski definition) is 1. The van der Waals surface area contributed by atoms with Crippen LogP contribution in [0.4, 0.5) is 5.82 Å². The van der Waals surface area contributed by atoms with E-state index in [9.17, 15) is 0 Å². The molecule has 0 aromatic carbocycles. The van der Waals surface area contributed by atoms with Crippen molar-refractivity contribution < 1.29 is 0 Å². The summed E-state index contributed by atoms with van der Waals surface area (Å²) in [7, 11) is 0. The number of fused-ring (bicyclic) bond motifs is 2. The Kier molecular flexibility index (Phi) is 4.65. The molecule has 28 heavy (non-hydrogen) atoms. The van der Waals surface area contributed by atoms with Crippen molar-refractivity contribution in [2.45, 2.75) is 31.6 Å². The highest BCUT2D eigenvalue weighted by atomic mass is 15.3. The first-order chi connectivity index (χ1) is 13.9. The number of anilines is 1. The van der Waals surface area contributed by atoms with Gasteiger partial charge in [-0.05, 0) is 55.4 Å². The second kappa shape index (κ2) is 7.58. The van der Waals surface area contributed by atoms with Gasteiger partial charge in [-0.15, -0.1) is 5.10 Å². The molecular weight excluding hydrogens is 346 g/mol. The van der Waals surface area contributed by atoms with Crippen LogP contribution in [0.5, 0.6) is 0 Å². The van der Waals surface area contributed by atoms with Gasteiger partial charge in [0.05, 0.1) is 11.9 Å². The van der Waals surface area contributed by atoms with Crippen LogP contribution in [0.3, 0.4) is 0 Å². The van der Waals surface area contributed by atoms with E-state index in [-0.39, 0.29) is 0 Å². The van der Waals surface area contributed by atoms with E-state index in [0.29, 0.717) is 17.8 Å². The number of pyridine rings is 1. The smallest absolute Gasteiger partial charge is 0.153 e. The molecule has 5 rings (SSSR count). The highest BCUT2D eigenvalue weighted by Gasteiger charge is 2.30. The summed E-state index contributed by atoms with van der Waals surface area (Å²) in [6.07, 6.45) is 17.5. The number of allylic oxidation sites excluding steroid dienone is 4. The van der Waals surface area contributed by atoms with Gasteiger partial charge in [-0.1, -0.05) is 30.4 Å². The number of nitrogens with one attached hydrogen (secondary N) is 1. The van der Waals surface area contributed by atoms with Crippen LogP contribution in [0.15, 0.2) is 67.0 Å². The van der Waals surface area contributed by atoms with Gasteiger partial charge in [0.1, 0.15) is 5.82 Å². The first-order valence-electron chi connectivity index (χ1n) is 10.2. The molecule has 142 valence electrons. The lowest BCUT2D eigenvalue weighted by Crippen LogP contribution is -2.23. The molecule has 0 radical (unpaired) electrons. The van der Waals surface area contributed by atoms with Gasteiger partial charge in [-0.3, -0.25) is 4.98 Å². The van der Waals surface area contributed by atoms with Crippen molar-refractivity contribution in [2.24, 2.45) is 11.8 Å². The van der Waals surface area contributed by atoms with Crippen LogP contribution < -0.4 is 5.32 Å². The van der Waals surface area contributed by atoms with Crippen molar-refractivity contribution in [1.29, 1.82) is 0 Å². The van der Waals surface area contributed by atoms with Crippen molar-refractivity contribution in [3.05, 3.63) is 78.4 Å². The fourth-order valence-corrected chi connectivity index (χ4v) is 4.50. The lowest BCUT2D eigenvalue weighted by atomic mass is 9.71. The Hall–Kier alpha value is -2.95. The summed E-state index contributed by atoms with van der Waals surface area (Å²) in [6, 6.07) is 10.1. The standard InChI is InChI=1S/C23H25N5/c1-2-6-18-15-19(9-8-17(18)5-1)21-16-26-23-11-10-22(27-28(21)23)25-14-12-20-7-3-4-13-24-20/h1-7,10-11,13,16-19H,8-9,12,14-15H2,(H,25,27)/t17?,18-,19?/m1/s1. The zero-order chi connectivity index (χ0) is 18.8. The van der Waals surface area contributed by atoms with Crippen molar-refractivity contribution in [3.63, 3.8) is 0 Å². The maximum Gasteiger partial charge on any atom is 0.153 e. The molecule has 3 heterocycles. The van der Waals surface area contributed by atoms with Crippen LogP contribution in [0.2, 0.25) is 0 Å². The third-order valence-corrected chi connectivity index (χ3v) is 6.00. The first-order valence-corrected chi connectivity index (χ1v) is 10.2. The molecule has 0 aliphatic heterocycles. The Labute approximate surface area is 165 Å². The molecular formula is C23H25N5. The van der Waals surface area contributed by atoms with E-state index >= 15 is 0 Å². The average molecular weight is 371 g/mol. The fraction of sp³-hybridized carbons (Fsp3) is 0.348. The molecule has 2 aliphatic rings. The molecule has 3 aromatic rings. The maximum atomic E-state index is 4.84. The zero-order valence-electron chi connectivity index (χ0n) is 15.9. The van der Waals surface area contributed by atoms with Crippen LogP contribution in [-0.4, -0.2) is 26.1 Å². The Morgan fingerprint density at radius 3 is 2.82 bits per heavy atom. The SMILES string of the molecule is C1=CC2CCC(c3cnc4ccc(NCCc5ccccn5)nn34)C[C@H]2C=C1. The summed E-state index contributed by atoms with van der Waals surface area (Å²) in [5.41, 5.74) is 3.25. The van der Waals surface area contributed by atoms with Crippen LogP contribution in [-0.2, 0) is 6.42 Å². The number of aromatic nitrogens is 4. The number of nitrogens with zero attached hydrogens (tertiary/aromatic N) is 4. The highest BCUT2D eigenvalue weighted by molar-refractivity contribution is 5.46. The third kappa shape index (κ3) is 3.44. The van der Waals surface area contributed by atoms with Crippen molar-refractivity contribution in [3.8, 4) is 0 Å². The summed E-state index contributed by atoms with van der Waals surface area (Å²) in [5, 5.41) is 8.27. The molecule has 5 heteroatoms. The predicted molar refractivity (Wildman–Crippen MR) is 111 cm³/mol. The van der Waals surface area contributed by atoms with Gasteiger partial charge < -0.3 is 5.32 Å². The molecule has 2 unspecified atom stereocenters. The molecule has 2 aliphatic carbocycles. The topological polar surface area (TPSA) is 55.1 Å². The molecule has 1 saturated carbocycles. The van der Waals surface area contributed by atoms with Gasteiger partial charge >= 0.3 is 0 Å². The number of hydrogen-bond acceptors (Lipinski definition) is 4. The van der Waals surface area contributed by atoms with Gasteiger partial charge in [0, 0.05) is 30.8 Å². The monoisotopic (exact) mass is 371 g/mol. The normalized spacial score (nSPS) is 23.6. The Balaban J connectivity index is 1.31. The minimum Gasteiger partial charge on any atom is -0.368 e. The molecule has 1 N–H and O–H groups in total. The zero-order valence-corrected chi connectivity index (χ0v) is 15.9. The van der Waals surface area contributed by atoms with Gasteiger partial charge in [-0.25, -0.2) is 9.50 Å². The van der Waals surface area contributed by atoms with Crippen LogP contribution in [0.25, 0.3) is 5.65 Å². The summed E-state index contributed by atoms with van der Waals surface area (Å²) < 4.78 is 2.04. The lowest BCUT2D eigenvalue weighted by Gasteiger charge is -2.34. The minimum absolute atomic E-state index is 0.517. The van der Waals surface area contributed by atoms with Gasteiger partial charge in [0.25, 0.3) is 0 Å². The summed E-state index contributed by atoms with van der Waals surface area (Å²) in [6.45, 7) is 0.809. The van der Waals surface area contributed by atoms with Crippen LogP contribution in [0.1, 0.15) is 36.6 Å². The fourth-order valence-electron chi connectivity index (χ4n) is 4.50. The van der Waals surface area contributed by atoms with Crippen LogP contribution >= 0.6 is 0 Å². The first kappa shape index (κ1) is 17.2. The van der Waals surface area contributed by atoms with Gasteiger partial charge in [-0.2, -0.15) is 0 Å². The largest absolute Gasteiger partial charge is 0.368 e. The van der Waals surface area contributed by atoms with Crippen LogP contribution in [0, 0.1) is 11.8 Å². The summed E-state index contributed by atoms with van der Waals surface area (Å²) in [4.78, 5) is 8.97. The third-order valence-electron chi connectivity index (χ3n) is 6.00. The van der Waals surface area contributed by atoms with E-state index in [2.05, 4.69) is 51.7 Å². The summed E-state index contributed by atoms with van der Waals surface area (Å²) >= 11 is 0. The average Bonchev–Trinajstić information content (AvgIpc) is 3.17. The number of rotatable bonds is 5. The minimum atomic E-state index is 0.517. The number of imidazole rings is 1. The Morgan fingerprint density at radius 1 is 1.00 bits per heavy atom. The van der Waals surface area contributed by atoms with E-state index in [1.165, 1.54) is 25.0 Å². The molecule has 3 aromatic heterocycles. The van der Waals surface area contributed by atoms with Gasteiger partial charge in [0.2, 0.25) is 0 Å². The molecule has 5 nitrogen and oxygen atoms in total. The maximum absolute atomic E-state index is 4.84. The molecule has 0 bridgehead atoms. The Bertz CT molecular complexity index is 1000. The summed E-state index contributed by atoms with van der Waals surface area (Å²) in [5.74, 6) is 2.76. The van der Waals surface area contributed by atoms with E-state index in [0.717, 1.165) is 30.1 Å². The molecule has 0 amide bonds. The van der Waals surface area contributed by atoms with Gasteiger partial charge in [0.15, 0.2) is 5.65 Å². The molecule has 1 fully saturated rings. The lowest BCUT2D eigenvalue weighted by molar-refractivity contribution is 0.296. The Morgan fingerprint density at radius 2 is 1.93 bits per heavy atom. The second-order valence-electron chi connectivity index (χ2n) is 7.78. The van der Waals surface area contributed by atoms with Crippen molar-refractivity contribution >= 4 is 11.5 Å². The van der Waals surface area contributed by atoms with E-state index in [4.69, 9.17) is 5.10 Å². The molecule has 3 atom stereocenters. The van der Waals surface area contributed by atoms with E-state index < -0.39 is 0 Å². The second-order valence-corrected chi connectivity index (χ2v) is 7.78.